The fraction of sp³-hybridized carbons (Fsp3) is 0.333. The molecule has 0 aromatic heterocycles. The standard InChI is InChI=1S/C21H25N3O5S/c1-15(29-18-5-3-2-4-6-18)21(26)24-13-11-16(12-14-24)20(25)23-17-7-9-19(10-8-17)30(22,27)28/h2-10,15-16H,11-14H2,1H3,(H,23,25)(H2,22,27,28). The van der Waals surface area contributed by atoms with Gasteiger partial charge >= 0.3 is 0 Å². The minimum Gasteiger partial charge on any atom is -0.481 e. The summed E-state index contributed by atoms with van der Waals surface area (Å²) < 4.78 is 28.3. The Morgan fingerprint density at radius 2 is 1.67 bits per heavy atom. The molecule has 0 spiro atoms. The molecule has 1 fully saturated rings. The van der Waals surface area contributed by atoms with Crippen LogP contribution in [0, 0.1) is 5.92 Å². The van der Waals surface area contributed by atoms with Crippen LogP contribution in [0.5, 0.6) is 5.75 Å². The predicted molar refractivity (Wildman–Crippen MR) is 112 cm³/mol. The molecule has 1 saturated heterocycles. The van der Waals surface area contributed by atoms with Crippen LogP contribution in [0.3, 0.4) is 0 Å². The number of primary sulfonamides is 1. The maximum Gasteiger partial charge on any atom is 0.263 e. The number of para-hydroxylation sites is 1. The van der Waals surface area contributed by atoms with Gasteiger partial charge in [0.2, 0.25) is 15.9 Å². The van der Waals surface area contributed by atoms with Gasteiger partial charge in [-0.15, -0.1) is 0 Å². The van der Waals surface area contributed by atoms with Gasteiger partial charge < -0.3 is 15.0 Å². The van der Waals surface area contributed by atoms with E-state index in [0.717, 1.165) is 0 Å². The van der Waals surface area contributed by atoms with Crippen molar-refractivity contribution in [3.05, 3.63) is 54.6 Å². The highest BCUT2D eigenvalue weighted by Crippen LogP contribution is 2.22. The number of hydrogen-bond donors (Lipinski definition) is 2. The lowest BCUT2D eigenvalue weighted by molar-refractivity contribution is -0.140. The second kappa shape index (κ2) is 9.27. The van der Waals surface area contributed by atoms with Crippen LogP contribution in [0.15, 0.2) is 59.5 Å². The number of ether oxygens (including phenoxy) is 1. The summed E-state index contributed by atoms with van der Waals surface area (Å²) in [5.41, 5.74) is 0.496. The van der Waals surface area contributed by atoms with Crippen molar-refractivity contribution in [3.8, 4) is 5.75 Å². The predicted octanol–water partition coefficient (Wildman–Crippen LogP) is 1.98. The molecule has 1 unspecified atom stereocenters. The smallest absolute Gasteiger partial charge is 0.263 e. The highest BCUT2D eigenvalue weighted by atomic mass is 32.2. The van der Waals surface area contributed by atoms with Gasteiger partial charge in [-0.3, -0.25) is 9.59 Å². The third-order valence-electron chi connectivity index (χ3n) is 5.03. The molecular weight excluding hydrogens is 406 g/mol. The lowest BCUT2D eigenvalue weighted by Crippen LogP contribution is -2.46. The average Bonchev–Trinajstić information content (AvgIpc) is 2.73. The van der Waals surface area contributed by atoms with Crippen molar-refractivity contribution in [2.24, 2.45) is 11.1 Å². The van der Waals surface area contributed by atoms with Crippen LogP contribution < -0.4 is 15.2 Å². The highest BCUT2D eigenvalue weighted by molar-refractivity contribution is 7.89. The molecule has 3 N–H and O–H groups in total. The first-order valence-electron chi connectivity index (χ1n) is 9.68. The molecule has 3 rings (SSSR count). The first-order chi connectivity index (χ1) is 14.2. The van der Waals surface area contributed by atoms with Gasteiger partial charge in [0.1, 0.15) is 5.75 Å². The lowest BCUT2D eigenvalue weighted by atomic mass is 9.95. The molecule has 2 amide bonds. The van der Waals surface area contributed by atoms with E-state index in [1.165, 1.54) is 24.3 Å². The summed E-state index contributed by atoms with van der Waals surface area (Å²) in [6.07, 6.45) is 0.491. The number of nitrogens with zero attached hydrogens (tertiary/aromatic N) is 1. The first-order valence-corrected chi connectivity index (χ1v) is 11.2. The van der Waals surface area contributed by atoms with Crippen LogP contribution in [-0.2, 0) is 19.6 Å². The number of carbonyl (C=O) groups excluding carboxylic acids is 2. The number of rotatable bonds is 6. The van der Waals surface area contributed by atoms with Gasteiger partial charge in [0.05, 0.1) is 4.90 Å². The van der Waals surface area contributed by atoms with Crippen molar-refractivity contribution < 1.29 is 22.7 Å². The van der Waals surface area contributed by atoms with Gasteiger partial charge in [-0.25, -0.2) is 13.6 Å². The Bertz CT molecular complexity index is 985. The minimum atomic E-state index is -3.77. The normalized spacial score (nSPS) is 16.0. The zero-order valence-electron chi connectivity index (χ0n) is 16.7. The zero-order chi connectivity index (χ0) is 21.7. The fourth-order valence-corrected chi connectivity index (χ4v) is 3.86. The van der Waals surface area contributed by atoms with Crippen molar-refractivity contribution >= 4 is 27.5 Å². The van der Waals surface area contributed by atoms with E-state index < -0.39 is 16.1 Å². The minimum absolute atomic E-state index is 0.0147. The third-order valence-corrected chi connectivity index (χ3v) is 5.96. The van der Waals surface area contributed by atoms with Crippen LogP contribution in [0.1, 0.15) is 19.8 Å². The number of piperidine rings is 1. The summed E-state index contributed by atoms with van der Waals surface area (Å²) in [7, 11) is -3.77. The number of anilines is 1. The van der Waals surface area contributed by atoms with Crippen molar-refractivity contribution in [2.45, 2.75) is 30.8 Å². The lowest BCUT2D eigenvalue weighted by Gasteiger charge is -2.33. The average molecular weight is 432 g/mol. The topological polar surface area (TPSA) is 119 Å². The van der Waals surface area contributed by atoms with E-state index >= 15 is 0 Å². The molecule has 9 heteroatoms. The molecule has 1 heterocycles. The van der Waals surface area contributed by atoms with Crippen LogP contribution in [-0.4, -0.2) is 44.3 Å². The largest absolute Gasteiger partial charge is 0.481 e. The molecule has 1 atom stereocenters. The monoisotopic (exact) mass is 431 g/mol. The van der Waals surface area contributed by atoms with E-state index in [9.17, 15) is 18.0 Å². The first kappa shape index (κ1) is 21.8. The Hall–Kier alpha value is -2.91. The maximum absolute atomic E-state index is 12.6. The van der Waals surface area contributed by atoms with Crippen molar-refractivity contribution in [1.29, 1.82) is 0 Å². The van der Waals surface area contributed by atoms with Gasteiger partial charge in [-0.05, 0) is 56.2 Å². The second-order valence-corrected chi connectivity index (χ2v) is 8.79. The van der Waals surface area contributed by atoms with E-state index in [1.54, 1.807) is 24.0 Å². The number of benzene rings is 2. The van der Waals surface area contributed by atoms with Crippen LogP contribution in [0.25, 0.3) is 0 Å². The maximum atomic E-state index is 12.6. The molecule has 0 radical (unpaired) electrons. The van der Waals surface area contributed by atoms with Crippen LogP contribution in [0.4, 0.5) is 5.69 Å². The Morgan fingerprint density at radius 1 is 1.07 bits per heavy atom. The molecule has 0 aliphatic carbocycles. The van der Waals surface area contributed by atoms with E-state index in [4.69, 9.17) is 9.88 Å². The van der Waals surface area contributed by atoms with Gasteiger partial charge in [-0.2, -0.15) is 0 Å². The molecule has 2 aromatic carbocycles. The highest BCUT2D eigenvalue weighted by Gasteiger charge is 2.30. The van der Waals surface area contributed by atoms with Gasteiger partial charge in [-0.1, -0.05) is 18.2 Å². The molecule has 8 nitrogen and oxygen atoms in total. The molecular formula is C21H25N3O5S. The molecule has 1 aliphatic heterocycles. The Morgan fingerprint density at radius 3 is 2.23 bits per heavy atom. The number of nitrogens with two attached hydrogens (primary N) is 1. The second-order valence-electron chi connectivity index (χ2n) is 7.23. The van der Waals surface area contributed by atoms with E-state index in [2.05, 4.69) is 5.32 Å². The summed E-state index contributed by atoms with van der Waals surface area (Å²) in [4.78, 5) is 26.8. The van der Waals surface area contributed by atoms with E-state index in [-0.39, 0.29) is 22.6 Å². The van der Waals surface area contributed by atoms with Crippen molar-refractivity contribution in [3.63, 3.8) is 0 Å². The van der Waals surface area contributed by atoms with Crippen LogP contribution in [0.2, 0.25) is 0 Å². The number of hydrogen-bond acceptors (Lipinski definition) is 5. The quantitative estimate of drug-likeness (QED) is 0.725. The van der Waals surface area contributed by atoms with E-state index in [0.29, 0.717) is 37.4 Å². The van der Waals surface area contributed by atoms with Gasteiger partial charge in [0.25, 0.3) is 5.91 Å². The van der Waals surface area contributed by atoms with E-state index in [1.807, 2.05) is 18.2 Å². The molecule has 30 heavy (non-hydrogen) atoms. The fourth-order valence-electron chi connectivity index (χ4n) is 3.35. The summed E-state index contributed by atoms with van der Waals surface area (Å²) in [6, 6.07) is 14.9. The summed E-state index contributed by atoms with van der Waals surface area (Å²) in [5.74, 6) is 0.161. The summed E-state index contributed by atoms with van der Waals surface area (Å²) in [5, 5.41) is 7.86. The van der Waals surface area contributed by atoms with Crippen LogP contribution >= 0.6 is 0 Å². The number of likely N-dealkylation sites (tertiary alicyclic amines) is 1. The zero-order valence-corrected chi connectivity index (χ0v) is 17.5. The summed E-state index contributed by atoms with van der Waals surface area (Å²) >= 11 is 0. The van der Waals surface area contributed by atoms with Gasteiger partial charge in [0.15, 0.2) is 6.10 Å². The molecule has 0 saturated carbocycles. The van der Waals surface area contributed by atoms with Crippen molar-refractivity contribution in [1.82, 2.24) is 4.90 Å². The molecule has 160 valence electrons. The molecule has 1 aliphatic rings. The van der Waals surface area contributed by atoms with Gasteiger partial charge in [0, 0.05) is 24.7 Å². The number of amides is 2. The number of sulfonamides is 1. The molecule has 0 bridgehead atoms. The molecule has 2 aromatic rings. The SMILES string of the molecule is CC(Oc1ccccc1)C(=O)N1CCC(C(=O)Nc2ccc(S(N)(=O)=O)cc2)CC1. The summed E-state index contributed by atoms with van der Waals surface area (Å²) in [6.45, 7) is 2.67. The van der Waals surface area contributed by atoms with Crippen molar-refractivity contribution in [2.75, 3.05) is 18.4 Å². The third kappa shape index (κ3) is 5.58. The number of nitrogens with one attached hydrogen (secondary N) is 1. The number of carbonyl (C=O) groups is 2. The Labute approximate surface area is 176 Å². The Balaban J connectivity index is 1.49. The Kier molecular flexibility index (Phi) is 6.73.